The maximum Gasteiger partial charge on any atom is 0.393 e. The largest absolute Gasteiger partial charge is 0.393 e. The summed E-state index contributed by atoms with van der Waals surface area (Å²) in [6.45, 7) is 4.64. The van der Waals surface area contributed by atoms with Gasteiger partial charge in [-0.25, -0.2) is 9.97 Å². The Bertz CT molecular complexity index is 1000. The molecule has 3 aromatic rings. The first-order valence-corrected chi connectivity index (χ1v) is 11.0. The quantitative estimate of drug-likeness (QED) is 0.595. The van der Waals surface area contributed by atoms with Crippen molar-refractivity contribution >= 4 is 27.4 Å². The Morgan fingerprint density at radius 1 is 1.17 bits per heavy atom. The number of hydrogen-bond acceptors (Lipinski definition) is 5. The van der Waals surface area contributed by atoms with Crippen LogP contribution in [0, 0.1) is 6.92 Å². The number of aryl methyl sites for hydroxylation is 1. The van der Waals surface area contributed by atoms with Crippen LogP contribution in [0.1, 0.15) is 35.3 Å². The number of anilines is 1. The molecule has 4 rings (SSSR count). The van der Waals surface area contributed by atoms with Crippen molar-refractivity contribution < 1.29 is 13.2 Å². The molecule has 1 aliphatic rings. The molecule has 30 heavy (non-hydrogen) atoms. The fourth-order valence-corrected chi connectivity index (χ4v) is 5.03. The van der Waals surface area contributed by atoms with E-state index in [1.54, 1.807) is 6.07 Å². The maximum absolute atomic E-state index is 12.8. The molecule has 0 radical (unpaired) electrons. The van der Waals surface area contributed by atoms with Crippen molar-refractivity contribution in [3.63, 3.8) is 0 Å². The summed E-state index contributed by atoms with van der Waals surface area (Å²) in [5, 5.41) is 4.41. The normalized spacial score (nSPS) is 18.0. The molecule has 0 saturated carbocycles. The Morgan fingerprint density at radius 3 is 2.80 bits per heavy atom. The lowest BCUT2D eigenvalue weighted by molar-refractivity contribution is -0.126. The number of rotatable bonds is 5. The molecule has 0 amide bonds. The summed E-state index contributed by atoms with van der Waals surface area (Å²) in [6.07, 6.45) is -0.622. The van der Waals surface area contributed by atoms with E-state index in [4.69, 9.17) is 0 Å². The Hall–Kier alpha value is -2.19. The molecule has 1 N–H and O–H groups in total. The molecule has 8 heteroatoms. The van der Waals surface area contributed by atoms with Crippen LogP contribution in [0.5, 0.6) is 0 Å². The van der Waals surface area contributed by atoms with E-state index in [0.717, 1.165) is 61.4 Å². The van der Waals surface area contributed by atoms with E-state index < -0.39 is 12.6 Å². The molecule has 3 heterocycles. The molecular formula is C22H25F3N4S. The minimum absolute atomic E-state index is 0.284. The number of hydrogen-bond donors (Lipinski definition) is 1. The second-order valence-electron chi connectivity index (χ2n) is 7.84. The zero-order valence-corrected chi connectivity index (χ0v) is 17.7. The molecule has 1 aliphatic heterocycles. The molecule has 2 aromatic heterocycles. The van der Waals surface area contributed by atoms with Crippen LogP contribution in [-0.4, -0.2) is 35.3 Å². The smallest absolute Gasteiger partial charge is 0.356 e. The van der Waals surface area contributed by atoms with Crippen molar-refractivity contribution in [3.8, 4) is 0 Å². The van der Waals surface area contributed by atoms with Crippen LogP contribution < -0.4 is 10.2 Å². The third-order valence-corrected chi connectivity index (χ3v) is 6.65. The zero-order chi connectivity index (χ0) is 21.1. The van der Waals surface area contributed by atoms with Gasteiger partial charge in [0.15, 0.2) is 0 Å². The van der Waals surface area contributed by atoms with Gasteiger partial charge in [-0.2, -0.15) is 13.2 Å². The van der Waals surface area contributed by atoms with Gasteiger partial charge in [-0.1, -0.05) is 24.3 Å². The summed E-state index contributed by atoms with van der Waals surface area (Å²) >= 11 is 1.11. The van der Waals surface area contributed by atoms with Gasteiger partial charge in [0.2, 0.25) is 0 Å². The number of nitrogens with zero attached hydrogens (tertiary/aromatic N) is 3. The average molecular weight is 435 g/mol. The van der Waals surface area contributed by atoms with Gasteiger partial charge in [0.25, 0.3) is 0 Å². The first kappa shape index (κ1) is 21.1. The van der Waals surface area contributed by atoms with E-state index in [9.17, 15) is 13.2 Å². The number of nitrogens with one attached hydrogen (secondary N) is 1. The van der Waals surface area contributed by atoms with Crippen LogP contribution in [0.2, 0.25) is 0 Å². The number of fused-ring (bicyclic) bond motifs is 1. The second kappa shape index (κ2) is 8.89. The Kier molecular flexibility index (Phi) is 6.24. The van der Waals surface area contributed by atoms with Gasteiger partial charge in [0.05, 0.1) is 11.8 Å². The van der Waals surface area contributed by atoms with Crippen molar-refractivity contribution in [2.24, 2.45) is 0 Å². The van der Waals surface area contributed by atoms with Crippen molar-refractivity contribution in [1.29, 1.82) is 0 Å². The van der Waals surface area contributed by atoms with Gasteiger partial charge >= 0.3 is 6.18 Å². The summed E-state index contributed by atoms with van der Waals surface area (Å²) in [4.78, 5) is 11.7. The van der Waals surface area contributed by atoms with E-state index >= 15 is 0 Å². The third-order valence-electron chi connectivity index (χ3n) is 5.60. The van der Waals surface area contributed by atoms with E-state index in [0.29, 0.717) is 10.9 Å². The molecule has 1 fully saturated rings. The van der Waals surface area contributed by atoms with Crippen LogP contribution in [0.15, 0.2) is 36.7 Å². The second-order valence-corrected chi connectivity index (χ2v) is 8.96. The molecule has 0 bridgehead atoms. The first-order valence-electron chi connectivity index (χ1n) is 10.2. The number of alkyl halides is 3. The molecule has 4 nitrogen and oxygen atoms in total. The fraction of sp³-hybridized carbons (Fsp3) is 0.455. The lowest BCUT2D eigenvalue weighted by Crippen LogP contribution is -2.31. The average Bonchev–Trinajstić information content (AvgIpc) is 2.94. The molecule has 0 aliphatic carbocycles. The van der Waals surface area contributed by atoms with E-state index in [-0.39, 0.29) is 4.88 Å². The molecule has 1 atom stereocenters. The SMILES string of the molecule is Cc1ccccc1CNC1CCCN(c2ncnc3sc(CC(F)(F)F)cc23)CC1. The van der Waals surface area contributed by atoms with Crippen LogP contribution in [0.4, 0.5) is 19.0 Å². The molecule has 0 spiro atoms. The van der Waals surface area contributed by atoms with E-state index in [1.807, 2.05) is 0 Å². The summed E-state index contributed by atoms with van der Waals surface area (Å²) in [7, 11) is 0. The highest BCUT2D eigenvalue weighted by atomic mass is 32.1. The lowest BCUT2D eigenvalue weighted by atomic mass is 10.1. The molecule has 1 saturated heterocycles. The van der Waals surface area contributed by atoms with Crippen LogP contribution in [0.25, 0.3) is 10.2 Å². The minimum Gasteiger partial charge on any atom is -0.356 e. The predicted octanol–water partition coefficient (Wildman–Crippen LogP) is 5.25. The van der Waals surface area contributed by atoms with Crippen LogP contribution in [-0.2, 0) is 13.0 Å². The molecule has 1 unspecified atom stereocenters. The highest BCUT2D eigenvalue weighted by Gasteiger charge is 2.29. The summed E-state index contributed by atoms with van der Waals surface area (Å²) in [5.41, 5.74) is 2.60. The first-order chi connectivity index (χ1) is 14.4. The van der Waals surface area contributed by atoms with Crippen molar-refractivity contribution in [2.45, 2.75) is 51.4 Å². The minimum atomic E-state index is -4.22. The van der Waals surface area contributed by atoms with Gasteiger partial charge in [0, 0.05) is 30.6 Å². The Morgan fingerprint density at radius 2 is 2.00 bits per heavy atom. The zero-order valence-electron chi connectivity index (χ0n) is 16.9. The van der Waals surface area contributed by atoms with Crippen molar-refractivity contribution in [3.05, 3.63) is 52.7 Å². The van der Waals surface area contributed by atoms with Crippen molar-refractivity contribution in [2.75, 3.05) is 18.0 Å². The van der Waals surface area contributed by atoms with E-state index in [2.05, 4.69) is 51.4 Å². The summed E-state index contributed by atoms with van der Waals surface area (Å²) in [5.74, 6) is 0.754. The summed E-state index contributed by atoms with van der Waals surface area (Å²) in [6, 6.07) is 10.4. The van der Waals surface area contributed by atoms with Gasteiger partial charge < -0.3 is 10.2 Å². The number of benzene rings is 1. The maximum atomic E-state index is 12.8. The molecule has 1 aromatic carbocycles. The lowest BCUT2D eigenvalue weighted by Gasteiger charge is -2.22. The van der Waals surface area contributed by atoms with Crippen molar-refractivity contribution in [1.82, 2.24) is 15.3 Å². The van der Waals surface area contributed by atoms with Crippen LogP contribution in [0.3, 0.4) is 0 Å². The van der Waals surface area contributed by atoms with Crippen LogP contribution >= 0.6 is 11.3 Å². The van der Waals surface area contributed by atoms with Gasteiger partial charge in [-0.15, -0.1) is 11.3 Å². The predicted molar refractivity (Wildman–Crippen MR) is 115 cm³/mol. The Balaban J connectivity index is 1.44. The molecular weight excluding hydrogens is 409 g/mol. The topological polar surface area (TPSA) is 41.0 Å². The number of halogens is 3. The van der Waals surface area contributed by atoms with Gasteiger partial charge in [0.1, 0.15) is 17.0 Å². The van der Waals surface area contributed by atoms with Gasteiger partial charge in [-0.3, -0.25) is 0 Å². The molecule has 160 valence electrons. The monoisotopic (exact) mass is 434 g/mol. The highest BCUT2D eigenvalue weighted by molar-refractivity contribution is 7.18. The highest BCUT2D eigenvalue weighted by Crippen LogP contribution is 2.34. The standard InChI is InChI=1S/C22H25F3N4S/c1-15-5-2-3-6-16(15)13-26-17-7-4-9-29(10-8-17)20-19-11-18(12-22(23,24)25)30-21(19)28-14-27-20/h2-3,5-6,11,14,17,26H,4,7-10,12-13H2,1H3. The fourth-order valence-electron chi connectivity index (χ4n) is 4.00. The Labute approximate surface area is 178 Å². The third kappa shape index (κ3) is 5.10. The summed E-state index contributed by atoms with van der Waals surface area (Å²) < 4.78 is 38.4. The number of thiophene rings is 1. The van der Waals surface area contributed by atoms with E-state index in [1.165, 1.54) is 17.5 Å². The van der Waals surface area contributed by atoms with Gasteiger partial charge in [-0.05, 0) is 43.4 Å². The number of aromatic nitrogens is 2.